The monoisotopic (exact) mass is 253 g/mol. The minimum atomic E-state index is 0.668. The number of nitrogens with zero attached hydrogens (tertiary/aromatic N) is 2. The molecule has 0 saturated carbocycles. The van der Waals surface area contributed by atoms with E-state index >= 15 is 0 Å². The Kier molecular flexibility index (Phi) is 3.83. The van der Waals surface area contributed by atoms with E-state index in [1.165, 1.54) is 0 Å². The fourth-order valence-electron chi connectivity index (χ4n) is 1.03. The van der Waals surface area contributed by atoms with Crippen LogP contribution >= 0.6 is 15.9 Å². The number of aromatic nitrogens is 1. The number of halogens is 1. The second kappa shape index (κ2) is 4.91. The summed E-state index contributed by atoms with van der Waals surface area (Å²) in [6.07, 6.45) is 3.41. The van der Waals surface area contributed by atoms with Crippen LogP contribution in [-0.2, 0) is 0 Å². The van der Waals surface area contributed by atoms with Gasteiger partial charge < -0.3 is 5.73 Å². The van der Waals surface area contributed by atoms with E-state index in [4.69, 9.17) is 5.73 Å². The van der Waals surface area contributed by atoms with Crippen LogP contribution < -0.4 is 5.73 Å². The molecule has 0 unspecified atom stereocenters. The first-order valence-electron chi connectivity index (χ1n) is 4.15. The van der Waals surface area contributed by atoms with Gasteiger partial charge in [0.25, 0.3) is 0 Å². The van der Waals surface area contributed by atoms with Crippen molar-refractivity contribution in [1.29, 1.82) is 0 Å². The highest BCUT2D eigenvalue weighted by molar-refractivity contribution is 9.12. The van der Waals surface area contributed by atoms with Gasteiger partial charge in [-0.2, -0.15) is 0 Å². The highest BCUT2D eigenvalue weighted by Crippen LogP contribution is 2.16. The van der Waals surface area contributed by atoms with E-state index in [9.17, 15) is 0 Å². The topological polar surface area (TPSA) is 51.3 Å². The van der Waals surface area contributed by atoms with Crippen LogP contribution in [0.3, 0.4) is 0 Å². The summed E-state index contributed by atoms with van der Waals surface area (Å²) in [7, 11) is 1.70. The fourth-order valence-corrected chi connectivity index (χ4v) is 1.47. The standard InChI is InChI=1S/C10H12BrN3/c1-7-5-8(3-4-14-7)10(12)9(11)6-13-2/h3-6H,12H2,1-2H3. The molecule has 4 heteroatoms. The molecular formula is C10H12BrN3. The number of rotatable bonds is 2. The lowest BCUT2D eigenvalue weighted by atomic mass is 10.2. The summed E-state index contributed by atoms with van der Waals surface area (Å²) in [5, 5.41) is 0. The predicted octanol–water partition coefficient (Wildman–Crippen LogP) is 2.11. The molecule has 1 aromatic rings. The summed E-state index contributed by atoms with van der Waals surface area (Å²) in [4.78, 5) is 7.98. The average Bonchev–Trinajstić information content (AvgIpc) is 2.17. The van der Waals surface area contributed by atoms with Crippen LogP contribution in [-0.4, -0.2) is 18.2 Å². The van der Waals surface area contributed by atoms with Crippen molar-refractivity contribution < 1.29 is 0 Å². The lowest BCUT2D eigenvalue weighted by molar-refractivity contribution is 1.19. The third-order valence-electron chi connectivity index (χ3n) is 1.71. The summed E-state index contributed by atoms with van der Waals surface area (Å²) >= 11 is 3.35. The largest absolute Gasteiger partial charge is 0.397 e. The first-order chi connectivity index (χ1) is 6.65. The maximum Gasteiger partial charge on any atom is 0.0589 e. The first-order valence-corrected chi connectivity index (χ1v) is 4.95. The van der Waals surface area contributed by atoms with E-state index in [0.29, 0.717) is 5.70 Å². The number of nitrogens with two attached hydrogens (primary N) is 1. The van der Waals surface area contributed by atoms with Gasteiger partial charge >= 0.3 is 0 Å². The molecule has 0 amide bonds. The fraction of sp³-hybridized carbons (Fsp3) is 0.200. The Bertz CT molecular complexity index is 383. The zero-order chi connectivity index (χ0) is 10.6. The molecule has 0 atom stereocenters. The van der Waals surface area contributed by atoms with E-state index in [2.05, 4.69) is 25.9 Å². The van der Waals surface area contributed by atoms with E-state index < -0.39 is 0 Å². The van der Waals surface area contributed by atoms with Crippen LogP contribution in [0.1, 0.15) is 11.3 Å². The summed E-state index contributed by atoms with van der Waals surface area (Å²) in [6, 6.07) is 3.80. The van der Waals surface area contributed by atoms with Crippen LogP contribution in [0.5, 0.6) is 0 Å². The lowest BCUT2D eigenvalue weighted by Crippen LogP contribution is -2.00. The van der Waals surface area contributed by atoms with Gasteiger partial charge in [0.1, 0.15) is 0 Å². The molecule has 14 heavy (non-hydrogen) atoms. The molecule has 0 aromatic carbocycles. The third kappa shape index (κ3) is 2.67. The van der Waals surface area contributed by atoms with Crippen molar-refractivity contribution in [2.45, 2.75) is 6.92 Å². The summed E-state index contributed by atoms with van der Waals surface area (Å²) in [5.41, 5.74) is 8.47. The van der Waals surface area contributed by atoms with Gasteiger partial charge in [-0.1, -0.05) is 0 Å². The Balaban J connectivity index is 3.11. The second-order valence-electron chi connectivity index (χ2n) is 2.83. The Morgan fingerprint density at radius 2 is 2.36 bits per heavy atom. The summed E-state index contributed by atoms with van der Waals surface area (Å²) in [5.74, 6) is 0. The molecule has 2 N–H and O–H groups in total. The number of allylic oxidation sites excluding steroid dienone is 1. The Morgan fingerprint density at radius 1 is 1.64 bits per heavy atom. The van der Waals surface area contributed by atoms with Crippen molar-refractivity contribution in [2.75, 3.05) is 7.05 Å². The predicted molar refractivity (Wildman–Crippen MR) is 63.4 cm³/mol. The Hall–Kier alpha value is -1.16. The van der Waals surface area contributed by atoms with E-state index in [1.54, 1.807) is 19.5 Å². The normalized spacial score (nSPS) is 13.1. The van der Waals surface area contributed by atoms with E-state index in [1.807, 2.05) is 19.1 Å². The van der Waals surface area contributed by atoms with Gasteiger partial charge in [0.05, 0.1) is 10.2 Å². The average molecular weight is 254 g/mol. The molecule has 3 nitrogen and oxygen atoms in total. The maximum atomic E-state index is 5.91. The van der Waals surface area contributed by atoms with Crippen molar-refractivity contribution in [1.82, 2.24) is 4.98 Å². The minimum absolute atomic E-state index is 0.668. The number of pyridine rings is 1. The number of aryl methyl sites for hydroxylation is 1. The Morgan fingerprint density at radius 3 is 2.93 bits per heavy atom. The van der Waals surface area contributed by atoms with Crippen LogP contribution in [0.2, 0.25) is 0 Å². The molecule has 0 radical (unpaired) electrons. The molecule has 0 bridgehead atoms. The van der Waals surface area contributed by atoms with Gasteiger partial charge in [-0.25, -0.2) is 0 Å². The summed E-state index contributed by atoms with van der Waals surface area (Å²) in [6.45, 7) is 1.93. The van der Waals surface area contributed by atoms with Gasteiger partial charge in [0, 0.05) is 30.7 Å². The second-order valence-corrected chi connectivity index (χ2v) is 3.69. The molecule has 0 fully saturated rings. The molecule has 74 valence electrons. The number of hydrogen-bond donors (Lipinski definition) is 1. The molecular weight excluding hydrogens is 242 g/mol. The highest BCUT2D eigenvalue weighted by atomic mass is 79.9. The molecule has 0 aliphatic heterocycles. The van der Waals surface area contributed by atoms with Crippen molar-refractivity contribution in [3.63, 3.8) is 0 Å². The molecule has 0 aliphatic rings. The van der Waals surface area contributed by atoms with Crippen LogP contribution in [0.25, 0.3) is 5.70 Å². The number of aliphatic imine (C=N–C) groups is 1. The molecule has 0 aliphatic carbocycles. The van der Waals surface area contributed by atoms with E-state index in [0.717, 1.165) is 15.7 Å². The van der Waals surface area contributed by atoms with Crippen molar-refractivity contribution in [2.24, 2.45) is 10.7 Å². The highest BCUT2D eigenvalue weighted by Gasteiger charge is 2.01. The van der Waals surface area contributed by atoms with E-state index in [-0.39, 0.29) is 0 Å². The summed E-state index contributed by atoms with van der Waals surface area (Å²) < 4.78 is 0.783. The lowest BCUT2D eigenvalue weighted by Gasteiger charge is -2.03. The Labute approximate surface area is 91.9 Å². The zero-order valence-corrected chi connectivity index (χ0v) is 9.75. The SMILES string of the molecule is CN=CC(Br)=C(N)c1ccnc(C)c1. The van der Waals surface area contributed by atoms with Crippen molar-refractivity contribution >= 4 is 27.8 Å². The van der Waals surface area contributed by atoms with Gasteiger partial charge in [0.15, 0.2) is 0 Å². The van der Waals surface area contributed by atoms with Gasteiger partial charge in [0.2, 0.25) is 0 Å². The molecule has 1 heterocycles. The van der Waals surface area contributed by atoms with Crippen molar-refractivity contribution in [3.8, 4) is 0 Å². The maximum absolute atomic E-state index is 5.91. The molecule has 1 rings (SSSR count). The number of hydrogen-bond acceptors (Lipinski definition) is 3. The first kappa shape index (κ1) is 10.9. The molecule has 0 spiro atoms. The molecule has 0 saturated heterocycles. The van der Waals surface area contributed by atoms with Crippen LogP contribution in [0.15, 0.2) is 27.8 Å². The smallest absolute Gasteiger partial charge is 0.0589 e. The van der Waals surface area contributed by atoms with Crippen molar-refractivity contribution in [3.05, 3.63) is 34.1 Å². The van der Waals surface area contributed by atoms with Gasteiger partial charge in [-0.3, -0.25) is 9.98 Å². The molecule has 1 aromatic heterocycles. The zero-order valence-electron chi connectivity index (χ0n) is 8.16. The van der Waals surface area contributed by atoms with Crippen LogP contribution in [0, 0.1) is 6.92 Å². The quantitative estimate of drug-likeness (QED) is 0.822. The van der Waals surface area contributed by atoms with Crippen LogP contribution in [0.4, 0.5) is 0 Å². The third-order valence-corrected chi connectivity index (χ3v) is 2.34. The van der Waals surface area contributed by atoms with Gasteiger partial charge in [-0.05, 0) is 35.0 Å². The van der Waals surface area contributed by atoms with Gasteiger partial charge in [-0.15, -0.1) is 0 Å². The minimum Gasteiger partial charge on any atom is -0.397 e.